The molecule has 2 aromatic heterocycles. The van der Waals surface area contributed by atoms with Crippen molar-refractivity contribution in [2.75, 3.05) is 0 Å². The molecule has 0 radical (unpaired) electrons. The minimum Gasteiger partial charge on any atom is -0.486 e. The maximum absolute atomic E-state index is 5.83. The van der Waals surface area contributed by atoms with Gasteiger partial charge in [-0.1, -0.05) is 25.1 Å². The van der Waals surface area contributed by atoms with Gasteiger partial charge in [0.25, 0.3) is 0 Å². The van der Waals surface area contributed by atoms with E-state index in [1.54, 1.807) is 0 Å². The second-order valence-electron chi connectivity index (χ2n) is 4.92. The Kier molecular flexibility index (Phi) is 3.88. The third-order valence-corrected chi connectivity index (χ3v) is 3.59. The first-order valence-corrected chi connectivity index (χ1v) is 7.18. The lowest BCUT2D eigenvalue weighted by atomic mass is 10.2. The molecule has 0 spiro atoms. The van der Waals surface area contributed by atoms with Crippen molar-refractivity contribution in [2.24, 2.45) is 5.73 Å². The molecule has 0 saturated heterocycles. The molecule has 2 N–H and O–H groups in total. The van der Waals surface area contributed by atoms with Crippen LogP contribution in [0.5, 0.6) is 5.75 Å². The molecule has 0 bridgehead atoms. The number of aryl methyl sites for hydroxylation is 1. The van der Waals surface area contributed by atoms with Crippen molar-refractivity contribution < 1.29 is 4.74 Å². The van der Waals surface area contributed by atoms with Crippen LogP contribution < -0.4 is 10.5 Å². The van der Waals surface area contributed by atoms with Crippen LogP contribution in [-0.4, -0.2) is 9.38 Å². The van der Waals surface area contributed by atoms with E-state index in [0.717, 1.165) is 29.2 Å². The van der Waals surface area contributed by atoms with Crippen LogP contribution >= 0.6 is 0 Å². The largest absolute Gasteiger partial charge is 0.486 e. The van der Waals surface area contributed by atoms with E-state index in [0.29, 0.717) is 13.2 Å². The number of benzene rings is 1. The van der Waals surface area contributed by atoms with Crippen molar-refractivity contribution in [3.8, 4) is 5.75 Å². The fourth-order valence-corrected chi connectivity index (χ4v) is 2.39. The summed E-state index contributed by atoms with van der Waals surface area (Å²) in [5.74, 6) is 1.72. The van der Waals surface area contributed by atoms with Gasteiger partial charge in [0, 0.05) is 12.7 Å². The van der Waals surface area contributed by atoms with E-state index in [2.05, 4.69) is 24.0 Å². The van der Waals surface area contributed by atoms with Gasteiger partial charge < -0.3 is 14.9 Å². The van der Waals surface area contributed by atoms with Crippen LogP contribution in [0.15, 0.2) is 48.7 Å². The van der Waals surface area contributed by atoms with Gasteiger partial charge in [-0.2, -0.15) is 0 Å². The standard InChI is InChI=1S/C17H19N3O/c1-2-13-6-8-14(9-7-13)21-12-17-19-15(11-18)16-5-3-4-10-20(16)17/h3-10H,2,11-12,18H2,1H3. The average Bonchev–Trinajstić information content (AvgIpc) is 2.91. The zero-order chi connectivity index (χ0) is 14.7. The van der Waals surface area contributed by atoms with Gasteiger partial charge in [-0.3, -0.25) is 0 Å². The molecule has 3 aromatic rings. The Hall–Kier alpha value is -2.33. The third-order valence-electron chi connectivity index (χ3n) is 3.59. The van der Waals surface area contributed by atoms with E-state index in [9.17, 15) is 0 Å². The Morgan fingerprint density at radius 1 is 1.14 bits per heavy atom. The fraction of sp³-hybridized carbons (Fsp3) is 0.235. The lowest BCUT2D eigenvalue weighted by Gasteiger charge is -2.06. The summed E-state index contributed by atoms with van der Waals surface area (Å²) in [6, 6.07) is 14.2. The molecule has 1 aromatic carbocycles. The average molecular weight is 281 g/mol. The Bertz CT molecular complexity index is 731. The zero-order valence-corrected chi connectivity index (χ0v) is 12.1. The summed E-state index contributed by atoms with van der Waals surface area (Å²) in [6.07, 6.45) is 3.02. The van der Waals surface area contributed by atoms with Crippen molar-refractivity contribution in [3.05, 3.63) is 65.7 Å². The molecular formula is C17H19N3O. The number of imidazole rings is 1. The number of hydrogen-bond acceptors (Lipinski definition) is 3. The number of hydrogen-bond donors (Lipinski definition) is 1. The first kappa shape index (κ1) is 13.6. The maximum Gasteiger partial charge on any atom is 0.151 e. The highest BCUT2D eigenvalue weighted by molar-refractivity contribution is 5.53. The summed E-state index contributed by atoms with van der Waals surface area (Å²) in [4.78, 5) is 4.57. The first-order chi connectivity index (χ1) is 10.3. The molecule has 0 aliphatic heterocycles. The summed E-state index contributed by atoms with van der Waals surface area (Å²) < 4.78 is 7.86. The molecule has 0 aliphatic carbocycles. The summed E-state index contributed by atoms with van der Waals surface area (Å²) in [5.41, 5.74) is 9.00. The highest BCUT2D eigenvalue weighted by Gasteiger charge is 2.09. The van der Waals surface area contributed by atoms with Crippen LogP contribution in [0.3, 0.4) is 0 Å². The van der Waals surface area contributed by atoms with Crippen LogP contribution in [0, 0.1) is 0 Å². The van der Waals surface area contributed by atoms with Gasteiger partial charge in [0.05, 0.1) is 11.2 Å². The summed E-state index contributed by atoms with van der Waals surface area (Å²) in [7, 11) is 0. The van der Waals surface area contributed by atoms with Crippen LogP contribution in [0.25, 0.3) is 5.52 Å². The molecule has 4 heteroatoms. The normalized spacial score (nSPS) is 11.0. The van der Waals surface area contributed by atoms with Gasteiger partial charge in [-0.25, -0.2) is 4.98 Å². The molecule has 0 saturated carbocycles. The molecule has 108 valence electrons. The van der Waals surface area contributed by atoms with E-state index in [4.69, 9.17) is 10.5 Å². The van der Waals surface area contributed by atoms with Crippen molar-refractivity contribution in [1.82, 2.24) is 9.38 Å². The predicted molar refractivity (Wildman–Crippen MR) is 83.2 cm³/mol. The van der Waals surface area contributed by atoms with Gasteiger partial charge in [0.1, 0.15) is 12.4 Å². The molecule has 3 rings (SSSR count). The Balaban J connectivity index is 1.81. The lowest BCUT2D eigenvalue weighted by molar-refractivity contribution is 0.295. The summed E-state index contributed by atoms with van der Waals surface area (Å²) in [6.45, 7) is 3.00. The number of rotatable bonds is 5. The van der Waals surface area contributed by atoms with Gasteiger partial charge in [-0.05, 0) is 36.2 Å². The highest BCUT2D eigenvalue weighted by Crippen LogP contribution is 2.17. The lowest BCUT2D eigenvalue weighted by Crippen LogP contribution is -2.01. The molecule has 0 fully saturated rings. The molecular weight excluding hydrogens is 262 g/mol. The van der Waals surface area contributed by atoms with E-state index >= 15 is 0 Å². The molecule has 21 heavy (non-hydrogen) atoms. The first-order valence-electron chi connectivity index (χ1n) is 7.18. The van der Waals surface area contributed by atoms with Gasteiger partial charge in [0.15, 0.2) is 5.82 Å². The van der Waals surface area contributed by atoms with Crippen LogP contribution in [0.1, 0.15) is 24.0 Å². The number of pyridine rings is 1. The van der Waals surface area contributed by atoms with Crippen molar-refractivity contribution in [3.63, 3.8) is 0 Å². The quantitative estimate of drug-likeness (QED) is 0.782. The second kappa shape index (κ2) is 5.97. The Morgan fingerprint density at radius 3 is 2.67 bits per heavy atom. The second-order valence-corrected chi connectivity index (χ2v) is 4.92. The van der Waals surface area contributed by atoms with E-state index in [-0.39, 0.29) is 0 Å². The molecule has 0 atom stereocenters. The Morgan fingerprint density at radius 2 is 1.95 bits per heavy atom. The fourth-order valence-electron chi connectivity index (χ4n) is 2.39. The summed E-state index contributed by atoms with van der Waals surface area (Å²) >= 11 is 0. The van der Waals surface area contributed by atoms with Gasteiger partial charge in [-0.15, -0.1) is 0 Å². The molecule has 2 heterocycles. The number of nitrogens with zero attached hydrogens (tertiary/aromatic N) is 2. The zero-order valence-electron chi connectivity index (χ0n) is 12.1. The number of aromatic nitrogens is 2. The third kappa shape index (κ3) is 2.76. The maximum atomic E-state index is 5.83. The highest BCUT2D eigenvalue weighted by atomic mass is 16.5. The van der Waals surface area contributed by atoms with Gasteiger partial charge >= 0.3 is 0 Å². The molecule has 0 amide bonds. The summed E-state index contributed by atoms with van der Waals surface area (Å²) in [5, 5.41) is 0. The van der Waals surface area contributed by atoms with Crippen LogP contribution in [0.4, 0.5) is 0 Å². The van der Waals surface area contributed by atoms with E-state index in [1.165, 1.54) is 5.56 Å². The van der Waals surface area contributed by atoms with E-state index < -0.39 is 0 Å². The molecule has 0 unspecified atom stereocenters. The minimum absolute atomic E-state index is 0.427. The Labute approximate surface area is 124 Å². The predicted octanol–water partition coefficient (Wildman–Crippen LogP) is 2.93. The topological polar surface area (TPSA) is 52.5 Å². The number of ether oxygens (including phenoxy) is 1. The van der Waals surface area contributed by atoms with Crippen molar-refractivity contribution in [2.45, 2.75) is 26.5 Å². The monoisotopic (exact) mass is 281 g/mol. The number of nitrogens with two attached hydrogens (primary N) is 1. The van der Waals surface area contributed by atoms with Gasteiger partial charge in [0.2, 0.25) is 0 Å². The SMILES string of the molecule is CCc1ccc(OCc2nc(CN)c3ccccn23)cc1. The van der Waals surface area contributed by atoms with Crippen LogP contribution in [0.2, 0.25) is 0 Å². The van der Waals surface area contributed by atoms with Crippen LogP contribution in [-0.2, 0) is 19.6 Å². The van der Waals surface area contributed by atoms with Crippen molar-refractivity contribution >= 4 is 5.52 Å². The minimum atomic E-state index is 0.427. The molecule has 4 nitrogen and oxygen atoms in total. The smallest absolute Gasteiger partial charge is 0.151 e. The van der Waals surface area contributed by atoms with E-state index in [1.807, 2.05) is 40.9 Å². The number of fused-ring (bicyclic) bond motifs is 1. The van der Waals surface area contributed by atoms with Crippen molar-refractivity contribution in [1.29, 1.82) is 0 Å². The molecule has 0 aliphatic rings.